The van der Waals surface area contributed by atoms with Crippen molar-refractivity contribution in [3.8, 4) is 0 Å². The second-order valence-electron chi connectivity index (χ2n) is 6.46. The summed E-state index contributed by atoms with van der Waals surface area (Å²) in [7, 11) is 0. The smallest absolute Gasteiger partial charge is 0.316 e. The highest BCUT2D eigenvalue weighted by Crippen LogP contribution is 2.20. The SMILES string of the molecule is NC(=O)Nc1ccc(C(=O)N2CC(CNC(=O)c3cnc(Cl)c(N)c3)C2)cc1. The van der Waals surface area contributed by atoms with Gasteiger partial charge >= 0.3 is 6.03 Å². The van der Waals surface area contributed by atoms with Gasteiger partial charge in [0.15, 0.2) is 5.15 Å². The maximum atomic E-state index is 12.4. The van der Waals surface area contributed by atoms with Gasteiger partial charge in [0, 0.05) is 43.0 Å². The number of hydrogen-bond acceptors (Lipinski definition) is 5. The number of urea groups is 1. The van der Waals surface area contributed by atoms with Crippen LogP contribution < -0.4 is 22.1 Å². The standard InChI is InChI=1S/C18H19ClN6O3/c19-15-14(20)5-12(7-22-15)16(26)23-6-10-8-25(9-10)17(27)11-1-3-13(4-2-11)24-18(21)28/h1-5,7,10H,6,8-9,20H2,(H,23,26)(H3,21,24,28). The Morgan fingerprint density at radius 1 is 1.18 bits per heavy atom. The van der Waals surface area contributed by atoms with Gasteiger partial charge in [-0.25, -0.2) is 9.78 Å². The highest BCUT2D eigenvalue weighted by molar-refractivity contribution is 6.31. The van der Waals surface area contributed by atoms with Crippen molar-refractivity contribution in [2.24, 2.45) is 11.7 Å². The van der Waals surface area contributed by atoms with Crippen molar-refractivity contribution < 1.29 is 14.4 Å². The van der Waals surface area contributed by atoms with E-state index in [0.29, 0.717) is 36.4 Å². The lowest BCUT2D eigenvalue weighted by Gasteiger charge is -2.39. The summed E-state index contributed by atoms with van der Waals surface area (Å²) >= 11 is 5.74. The summed E-state index contributed by atoms with van der Waals surface area (Å²) in [5, 5.41) is 5.40. The normalized spacial score (nSPS) is 13.5. The van der Waals surface area contributed by atoms with Crippen LogP contribution in [-0.4, -0.2) is 47.4 Å². The van der Waals surface area contributed by atoms with Crippen LogP contribution in [0.25, 0.3) is 0 Å². The number of likely N-dealkylation sites (tertiary alicyclic amines) is 1. The Bertz CT molecular complexity index is 912. The molecule has 2 heterocycles. The highest BCUT2D eigenvalue weighted by atomic mass is 35.5. The molecule has 0 unspecified atom stereocenters. The lowest BCUT2D eigenvalue weighted by molar-refractivity contribution is 0.0498. The number of anilines is 2. The average Bonchev–Trinajstić information content (AvgIpc) is 2.62. The topological polar surface area (TPSA) is 143 Å². The van der Waals surface area contributed by atoms with Crippen LogP contribution in [0.4, 0.5) is 16.2 Å². The van der Waals surface area contributed by atoms with E-state index in [0.717, 1.165) is 0 Å². The van der Waals surface area contributed by atoms with Crippen LogP contribution in [0.2, 0.25) is 5.15 Å². The highest BCUT2D eigenvalue weighted by Gasteiger charge is 2.31. The van der Waals surface area contributed by atoms with Crippen molar-refractivity contribution in [3.05, 3.63) is 52.8 Å². The van der Waals surface area contributed by atoms with Gasteiger partial charge in [-0.15, -0.1) is 0 Å². The van der Waals surface area contributed by atoms with Crippen LogP contribution in [0.5, 0.6) is 0 Å². The predicted octanol–water partition coefficient (Wildman–Crippen LogP) is 1.31. The number of carbonyl (C=O) groups excluding carboxylic acids is 3. The molecule has 0 atom stereocenters. The van der Waals surface area contributed by atoms with E-state index in [4.69, 9.17) is 23.1 Å². The number of rotatable bonds is 5. The first kappa shape index (κ1) is 19.4. The third-order valence-electron chi connectivity index (χ3n) is 4.32. The van der Waals surface area contributed by atoms with Crippen molar-refractivity contribution >= 4 is 40.8 Å². The number of amides is 4. The molecular weight excluding hydrogens is 384 g/mol. The number of nitrogens with one attached hydrogen (secondary N) is 2. The molecule has 1 aliphatic heterocycles. The summed E-state index contributed by atoms with van der Waals surface area (Å²) in [6.45, 7) is 1.52. The van der Waals surface area contributed by atoms with Crippen molar-refractivity contribution in [2.45, 2.75) is 0 Å². The molecule has 1 aliphatic rings. The molecule has 1 saturated heterocycles. The van der Waals surface area contributed by atoms with E-state index in [1.807, 2.05) is 0 Å². The summed E-state index contributed by atoms with van der Waals surface area (Å²) in [5.41, 5.74) is 12.3. The van der Waals surface area contributed by atoms with Gasteiger partial charge in [-0.3, -0.25) is 9.59 Å². The van der Waals surface area contributed by atoms with E-state index < -0.39 is 6.03 Å². The number of aromatic nitrogens is 1. The van der Waals surface area contributed by atoms with Crippen molar-refractivity contribution in [1.29, 1.82) is 0 Å². The number of nitrogens with zero attached hydrogens (tertiary/aromatic N) is 2. The summed E-state index contributed by atoms with van der Waals surface area (Å²) in [4.78, 5) is 40.9. The van der Waals surface area contributed by atoms with Crippen LogP contribution in [0, 0.1) is 5.92 Å². The fourth-order valence-corrected chi connectivity index (χ4v) is 2.92. The van der Waals surface area contributed by atoms with Crippen LogP contribution in [0.3, 0.4) is 0 Å². The molecule has 0 saturated carbocycles. The van der Waals surface area contributed by atoms with Gasteiger partial charge in [0.1, 0.15) is 0 Å². The van der Waals surface area contributed by atoms with Gasteiger partial charge in [-0.2, -0.15) is 0 Å². The number of benzene rings is 1. The predicted molar refractivity (Wildman–Crippen MR) is 105 cm³/mol. The minimum absolute atomic E-state index is 0.108. The molecular formula is C18H19ClN6O3. The average molecular weight is 403 g/mol. The van der Waals surface area contributed by atoms with E-state index in [9.17, 15) is 14.4 Å². The first-order valence-electron chi connectivity index (χ1n) is 8.48. The second kappa shape index (κ2) is 8.13. The third-order valence-corrected chi connectivity index (χ3v) is 4.64. The zero-order valence-electron chi connectivity index (χ0n) is 14.8. The lowest BCUT2D eigenvalue weighted by Crippen LogP contribution is -2.53. The Balaban J connectivity index is 1.46. The molecule has 1 aromatic heterocycles. The summed E-state index contributed by atoms with van der Waals surface area (Å²) in [6, 6.07) is 7.28. The Hall–Kier alpha value is -3.33. The van der Waals surface area contributed by atoms with Crippen molar-refractivity contribution in [1.82, 2.24) is 15.2 Å². The Kier molecular flexibility index (Phi) is 5.65. The van der Waals surface area contributed by atoms with Gasteiger partial charge in [-0.05, 0) is 30.3 Å². The van der Waals surface area contributed by atoms with E-state index in [-0.39, 0.29) is 28.6 Å². The van der Waals surface area contributed by atoms with Gasteiger partial charge in [-0.1, -0.05) is 11.6 Å². The molecule has 0 bridgehead atoms. The molecule has 9 nitrogen and oxygen atoms in total. The first-order chi connectivity index (χ1) is 13.3. The molecule has 0 spiro atoms. The summed E-state index contributed by atoms with van der Waals surface area (Å²) < 4.78 is 0. The minimum atomic E-state index is -0.663. The van der Waals surface area contributed by atoms with Crippen LogP contribution in [0.15, 0.2) is 36.5 Å². The van der Waals surface area contributed by atoms with E-state index >= 15 is 0 Å². The zero-order chi connectivity index (χ0) is 20.3. The first-order valence-corrected chi connectivity index (χ1v) is 8.86. The quantitative estimate of drug-likeness (QED) is 0.557. The monoisotopic (exact) mass is 402 g/mol. The third kappa shape index (κ3) is 4.49. The Morgan fingerprint density at radius 3 is 2.46 bits per heavy atom. The van der Waals surface area contributed by atoms with E-state index in [1.165, 1.54) is 12.3 Å². The van der Waals surface area contributed by atoms with Gasteiger partial charge in [0.05, 0.1) is 11.3 Å². The molecule has 10 heteroatoms. The fourth-order valence-electron chi connectivity index (χ4n) is 2.81. The van der Waals surface area contributed by atoms with Gasteiger partial charge in [0.25, 0.3) is 11.8 Å². The molecule has 3 rings (SSSR count). The maximum absolute atomic E-state index is 12.4. The number of carbonyl (C=O) groups is 3. The van der Waals surface area contributed by atoms with Crippen LogP contribution >= 0.6 is 11.6 Å². The number of hydrogen-bond donors (Lipinski definition) is 4. The molecule has 2 aromatic rings. The van der Waals surface area contributed by atoms with E-state index in [2.05, 4.69) is 15.6 Å². The lowest BCUT2D eigenvalue weighted by atomic mass is 9.98. The van der Waals surface area contributed by atoms with Crippen molar-refractivity contribution in [3.63, 3.8) is 0 Å². The number of primary amides is 1. The molecule has 0 aliphatic carbocycles. The van der Waals surface area contributed by atoms with E-state index in [1.54, 1.807) is 29.2 Å². The molecule has 1 aromatic carbocycles. The second-order valence-corrected chi connectivity index (χ2v) is 6.81. The molecule has 0 radical (unpaired) electrons. The van der Waals surface area contributed by atoms with Gasteiger partial charge in [0.2, 0.25) is 0 Å². The molecule has 146 valence electrons. The Morgan fingerprint density at radius 2 is 1.86 bits per heavy atom. The molecule has 1 fully saturated rings. The molecule has 28 heavy (non-hydrogen) atoms. The fraction of sp³-hybridized carbons (Fsp3) is 0.222. The Labute approximate surface area is 166 Å². The molecule has 4 amide bonds. The van der Waals surface area contributed by atoms with Crippen LogP contribution in [0.1, 0.15) is 20.7 Å². The number of pyridine rings is 1. The maximum Gasteiger partial charge on any atom is 0.316 e. The number of halogens is 1. The largest absolute Gasteiger partial charge is 0.396 e. The molecule has 6 N–H and O–H groups in total. The van der Waals surface area contributed by atoms with Crippen molar-refractivity contribution in [2.75, 3.05) is 30.7 Å². The number of nitrogens with two attached hydrogens (primary N) is 2. The number of nitrogen functional groups attached to an aromatic ring is 1. The summed E-state index contributed by atoms with van der Waals surface area (Å²) in [6.07, 6.45) is 1.36. The van der Waals surface area contributed by atoms with Gasteiger partial charge < -0.3 is 27.0 Å². The van der Waals surface area contributed by atoms with Crippen LogP contribution in [-0.2, 0) is 0 Å². The zero-order valence-corrected chi connectivity index (χ0v) is 15.6. The summed E-state index contributed by atoms with van der Waals surface area (Å²) in [5.74, 6) is -0.234. The minimum Gasteiger partial charge on any atom is -0.396 e.